The largest absolute Gasteiger partial charge is 0.469 e. The molecule has 1 heterocycles. The summed E-state index contributed by atoms with van der Waals surface area (Å²) in [4.78, 5) is 47.2. The fourth-order valence-electron chi connectivity index (χ4n) is 2.42. The third-order valence-electron chi connectivity index (χ3n) is 3.87. The highest BCUT2D eigenvalue weighted by Crippen LogP contribution is 2.22. The number of hydrogen-bond acceptors (Lipinski definition) is 8. The summed E-state index contributed by atoms with van der Waals surface area (Å²) in [6.07, 6.45) is 0.700. The zero-order valence-electron chi connectivity index (χ0n) is 14.5. The number of carbonyl (C=O) groups excluding carboxylic acids is 3. The number of fused-ring (bicyclic) bond motifs is 1. The van der Waals surface area contributed by atoms with Gasteiger partial charge in [-0.15, -0.1) is 0 Å². The molecule has 8 nitrogen and oxygen atoms in total. The molecule has 0 atom stereocenters. The van der Waals surface area contributed by atoms with Crippen LogP contribution in [0.25, 0.3) is 11.0 Å². The zero-order valence-corrected chi connectivity index (χ0v) is 14.5. The molecule has 0 aliphatic carbocycles. The third-order valence-corrected chi connectivity index (χ3v) is 3.87. The number of rotatable bonds is 8. The van der Waals surface area contributed by atoms with Crippen LogP contribution in [-0.4, -0.2) is 45.5 Å². The van der Waals surface area contributed by atoms with E-state index in [1.54, 1.807) is 23.1 Å². The molecule has 0 bridgehead atoms. The minimum atomic E-state index is -0.722. The third kappa shape index (κ3) is 4.69. The van der Waals surface area contributed by atoms with Crippen LogP contribution in [0.3, 0.4) is 0 Å². The summed E-state index contributed by atoms with van der Waals surface area (Å²) in [5, 5.41) is 0.594. The van der Waals surface area contributed by atoms with Crippen molar-refractivity contribution in [2.45, 2.75) is 12.8 Å². The Morgan fingerprint density at radius 2 is 1.69 bits per heavy atom. The molecular weight excluding hydrogens is 342 g/mol. The summed E-state index contributed by atoms with van der Waals surface area (Å²) >= 11 is 0. The molecule has 138 valence electrons. The van der Waals surface area contributed by atoms with E-state index >= 15 is 0 Å². The quantitative estimate of drug-likeness (QED) is 0.396. The van der Waals surface area contributed by atoms with Gasteiger partial charge in [0.2, 0.25) is 0 Å². The average Bonchev–Trinajstić information content (AvgIpc) is 2.66. The van der Waals surface area contributed by atoms with Gasteiger partial charge in [0.05, 0.1) is 27.1 Å². The van der Waals surface area contributed by atoms with Crippen molar-refractivity contribution in [2.24, 2.45) is 0 Å². The number of hydrogen-bond donors (Lipinski definition) is 0. The lowest BCUT2D eigenvalue weighted by molar-refractivity contribution is -0.140. The van der Waals surface area contributed by atoms with E-state index in [0.29, 0.717) is 36.0 Å². The van der Waals surface area contributed by atoms with Gasteiger partial charge in [0.25, 0.3) is 0 Å². The summed E-state index contributed by atoms with van der Waals surface area (Å²) in [6, 6.07) is 6.53. The summed E-state index contributed by atoms with van der Waals surface area (Å²) in [6.45, 7) is 0.623. The van der Waals surface area contributed by atoms with Crippen molar-refractivity contribution in [1.82, 2.24) is 0 Å². The Balaban J connectivity index is 2.32. The minimum absolute atomic E-state index is 0.0570. The van der Waals surface area contributed by atoms with Gasteiger partial charge in [0.15, 0.2) is 6.29 Å². The van der Waals surface area contributed by atoms with Crippen LogP contribution < -0.4 is 10.5 Å². The molecule has 26 heavy (non-hydrogen) atoms. The lowest BCUT2D eigenvalue weighted by Crippen LogP contribution is -2.29. The first-order chi connectivity index (χ1) is 12.5. The van der Waals surface area contributed by atoms with E-state index in [1.807, 2.05) is 0 Å². The number of esters is 2. The second-order valence-corrected chi connectivity index (χ2v) is 5.47. The van der Waals surface area contributed by atoms with E-state index in [1.165, 1.54) is 20.3 Å². The second kappa shape index (κ2) is 8.80. The van der Waals surface area contributed by atoms with Crippen molar-refractivity contribution < 1.29 is 28.3 Å². The molecule has 1 aromatic heterocycles. The van der Waals surface area contributed by atoms with Gasteiger partial charge < -0.3 is 18.8 Å². The predicted molar refractivity (Wildman–Crippen MR) is 93.4 cm³/mol. The van der Waals surface area contributed by atoms with E-state index in [4.69, 9.17) is 4.42 Å². The van der Waals surface area contributed by atoms with Gasteiger partial charge in [-0.1, -0.05) is 0 Å². The Labute approximate surface area is 149 Å². The van der Waals surface area contributed by atoms with Crippen LogP contribution in [0.15, 0.2) is 33.5 Å². The first kappa shape index (κ1) is 19.2. The van der Waals surface area contributed by atoms with Crippen molar-refractivity contribution in [3.8, 4) is 0 Å². The number of nitrogens with zero attached hydrogens (tertiary/aromatic N) is 1. The van der Waals surface area contributed by atoms with Crippen molar-refractivity contribution in [2.75, 3.05) is 32.2 Å². The molecule has 0 radical (unpaired) electrons. The fourth-order valence-corrected chi connectivity index (χ4v) is 2.42. The number of aldehydes is 1. The van der Waals surface area contributed by atoms with Crippen LogP contribution in [0.5, 0.6) is 0 Å². The molecule has 2 aromatic rings. The first-order valence-corrected chi connectivity index (χ1v) is 7.90. The van der Waals surface area contributed by atoms with Crippen LogP contribution in [-0.2, 0) is 19.1 Å². The predicted octanol–water partition coefficient (Wildman–Crippen LogP) is 1.54. The van der Waals surface area contributed by atoms with Crippen molar-refractivity contribution >= 4 is 34.9 Å². The van der Waals surface area contributed by atoms with E-state index < -0.39 is 5.63 Å². The Hall–Kier alpha value is -3.16. The standard InChI is InChI=1S/C18H19NO7/c1-24-16(21)5-7-19(8-6-17(22)25-2)14-4-3-12-9-13(11-20)18(23)26-15(12)10-14/h3-4,9-11H,5-8H2,1-2H3. The Kier molecular flexibility index (Phi) is 6.48. The van der Waals surface area contributed by atoms with Crippen LogP contribution in [0.2, 0.25) is 0 Å². The molecule has 0 saturated carbocycles. The second-order valence-electron chi connectivity index (χ2n) is 5.47. The summed E-state index contributed by atoms with van der Waals surface area (Å²) in [5.41, 5.74) is 0.186. The summed E-state index contributed by atoms with van der Waals surface area (Å²) in [7, 11) is 2.60. The van der Waals surface area contributed by atoms with Gasteiger partial charge in [-0.3, -0.25) is 14.4 Å². The van der Waals surface area contributed by atoms with Crippen LogP contribution >= 0.6 is 0 Å². The van der Waals surface area contributed by atoms with Crippen LogP contribution in [0.4, 0.5) is 5.69 Å². The van der Waals surface area contributed by atoms with Gasteiger partial charge >= 0.3 is 17.6 Å². The molecule has 0 unspecified atom stereocenters. The number of benzene rings is 1. The van der Waals surface area contributed by atoms with E-state index in [-0.39, 0.29) is 30.3 Å². The van der Waals surface area contributed by atoms with Crippen LogP contribution in [0, 0.1) is 0 Å². The van der Waals surface area contributed by atoms with Crippen molar-refractivity contribution in [3.05, 3.63) is 40.2 Å². The Morgan fingerprint density at radius 1 is 1.08 bits per heavy atom. The van der Waals surface area contributed by atoms with Gasteiger partial charge in [-0.25, -0.2) is 4.79 Å². The molecule has 0 fully saturated rings. The lowest BCUT2D eigenvalue weighted by Gasteiger charge is -2.24. The highest BCUT2D eigenvalue weighted by Gasteiger charge is 2.14. The number of anilines is 1. The maximum absolute atomic E-state index is 11.7. The van der Waals surface area contributed by atoms with E-state index in [0.717, 1.165) is 0 Å². The Bertz CT molecular complexity index is 851. The van der Waals surface area contributed by atoms with Crippen LogP contribution in [0.1, 0.15) is 23.2 Å². The molecule has 0 N–H and O–H groups in total. The van der Waals surface area contributed by atoms with Gasteiger partial charge in [0, 0.05) is 30.2 Å². The molecule has 2 rings (SSSR count). The highest BCUT2D eigenvalue weighted by atomic mass is 16.5. The molecule has 0 aliphatic rings. The van der Waals surface area contributed by atoms with Gasteiger partial charge in [0.1, 0.15) is 11.1 Å². The molecule has 0 amide bonds. The molecule has 1 aromatic carbocycles. The lowest BCUT2D eigenvalue weighted by atomic mass is 10.1. The van der Waals surface area contributed by atoms with E-state index in [9.17, 15) is 19.2 Å². The van der Waals surface area contributed by atoms with Crippen molar-refractivity contribution in [1.29, 1.82) is 0 Å². The number of methoxy groups -OCH3 is 2. The summed E-state index contributed by atoms with van der Waals surface area (Å²) in [5.74, 6) is -0.757. The molecule has 0 saturated heterocycles. The number of carbonyl (C=O) groups is 3. The average molecular weight is 361 g/mol. The Morgan fingerprint density at radius 3 is 2.23 bits per heavy atom. The molecule has 8 heteroatoms. The zero-order chi connectivity index (χ0) is 19.1. The first-order valence-electron chi connectivity index (χ1n) is 7.90. The molecule has 0 spiro atoms. The SMILES string of the molecule is COC(=O)CCN(CCC(=O)OC)c1ccc2cc(C=O)c(=O)oc2c1. The van der Waals surface area contributed by atoms with Gasteiger partial charge in [-0.05, 0) is 18.2 Å². The topological polar surface area (TPSA) is 103 Å². The normalized spacial score (nSPS) is 10.4. The molecule has 0 aliphatic heterocycles. The molecular formula is C18H19NO7. The van der Waals surface area contributed by atoms with Gasteiger partial charge in [-0.2, -0.15) is 0 Å². The maximum atomic E-state index is 11.7. The maximum Gasteiger partial charge on any atom is 0.346 e. The highest BCUT2D eigenvalue weighted by molar-refractivity contribution is 5.86. The fraction of sp³-hybridized carbons (Fsp3) is 0.333. The minimum Gasteiger partial charge on any atom is -0.469 e. The monoisotopic (exact) mass is 361 g/mol. The van der Waals surface area contributed by atoms with Crippen molar-refractivity contribution in [3.63, 3.8) is 0 Å². The van der Waals surface area contributed by atoms with E-state index in [2.05, 4.69) is 9.47 Å². The number of ether oxygens (including phenoxy) is 2. The summed E-state index contributed by atoms with van der Waals surface area (Å²) < 4.78 is 14.5. The smallest absolute Gasteiger partial charge is 0.346 e.